The van der Waals surface area contributed by atoms with Crippen molar-refractivity contribution in [2.75, 3.05) is 17.7 Å². The third-order valence-corrected chi connectivity index (χ3v) is 15.9. The van der Waals surface area contributed by atoms with Crippen LogP contribution in [-0.4, -0.2) is 28.7 Å². The molecule has 0 aromatic heterocycles. The summed E-state index contributed by atoms with van der Waals surface area (Å²) >= 11 is 5.83. The zero-order chi connectivity index (χ0) is 19.2. The summed E-state index contributed by atoms with van der Waals surface area (Å²) < 4.78 is 0. The molecular weight excluding hydrogens is 439 g/mol. The molecule has 0 spiro atoms. The molecule has 0 unspecified atom stereocenters. The van der Waals surface area contributed by atoms with Crippen molar-refractivity contribution in [2.45, 2.75) is 0 Å². The van der Waals surface area contributed by atoms with Gasteiger partial charge in [0.25, 0.3) is 0 Å². The molecule has 0 saturated carbocycles. The van der Waals surface area contributed by atoms with E-state index in [1.807, 2.05) is 18.2 Å². The maximum absolute atomic E-state index is 11.0. The Bertz CT molecular complexity index is 789. The van der Waals surface area contributed by atoms with E-state index in [2.05, 4.69) is 88.3 Å². The molecule has 5 heteroatoms. The Morgan fingerprint density at radius 3 is 1.48 bits per heavy atom. The van der Waals surface area contributed by atoms with Crippen LogP contribution in [0.1, 0.15) is 0 Å². The topological polar surface area (TPSA) is 37.3 Å². The van der Waals surface area contributed by atoms with Gasteiger partial charge < -0.3 is 0 Å². The summed E-state index contributed by atoms with van der Waals surface area (Å²) in [7, 11) is 0. The van der Waals surface area contributed by atoms with Crippen molar-refractivity contribution in [1.82, 2.24) is 0 Å². The van der Waals surface area contributed by atoms with Crippen molar-refractivity contribution in [3.8, 4) is 0 Å². The summed E-state index contributed by atoms with van der Waals surface area (Å²) in [5.41, 5.74) is 0. The fourth-order valence-electron chi connectivity index (χ4n) is 3.45. The Morgan fingerprint density at radius 2 is 1.15 bits per heavy atom. The van der Waals surface area contributed by atoms with Crippen LogP contribution < -0.4 is 15.9 Å². The molecule has 0 aliphatic rings. The number of hydrogen-bond donors (Lipinski definition) is 1. The Morgan fingerprint density at radius 1 is 0.778 bits per heavy atom. The maximum atomic E-state index is 11.0. The van der Waals surface area contributed by atoms with Crippen molar-refractivity contribution in [3.63, 3.8) is 0 Å². The van der Waals surface area contributed by atoms with Gasteiger partial charge in [-0.2, -0.15) is 0 Å². The van der Waals surface area contributed by atoms with Gasteiger partial charge in [-0.15, -0.1) is 0 Å². The predicted molar refractivity (Wildman–Crippen MR) is 124 cm³/mol. The second-order valence-electron chi connectivity index (χ2n) is 6.36. The molecule has 3 aromatic rings. The summed E-state index contributed by atoms with van der Waals surface area (Å²) in [6.45, 7) is 0. The Labute approximate surface area is 172 Å². The molecule has 3 aromatic carbocycles. The molecule has 0 aliphatic carbocycles. The summed E-state index contributed by atoms with van der Waals surface area (Å²) in [4.78, 5) is 11.0. The number of rotatable bonds is 8. The van der Waals surface area contributed by atoms with Crippen LogP contribution in [0.3, 0.4) is 0 Å². The zero-order valence-electron chi connectivity index (χ0n) is 14.9. The number of carbonyl (C=O) groups is 1. The number of halogens is 1. The van der Waals surface area contributed by atoms with E-state index in [1.54, 1.807) is 0 Å². The molecule has 0 radical (unpaired) electrons. The fourth-order valence-corrected chi connectivity index (χ4v) is 13.1. The average molecular weight is 461 g/mol. The van der Waals surface area contributed by atoms with E-state index in [0.29, 0.717) is 0 Å². The first-order valence-electron chi connectivity index (χ1n) is 8.75. The molecule has 0 bridgehead atoms. The van der Waals surface area contributed by atoms with Crippen molar-refractivity contribution >= 4 is 54.4 Å². The first kappa shape index (κ1) is 20.1. The van der Waals surface area contributed by atoms with E-state index in [9.17, 15) is 4.79 Å². The number of thioether (sulfide) groups is 1. The Kier molecular flexibility index (Phi) is 6.41. The van der Waals surface area contributed by atoms with Gasteiger partial charge in [0.2, 0.25) is 0 Å². The van der Waals surface area contributed by atoms with Gasteiger partial charge >= 0.3 is 173 Å². The Hall–Kier alpha value is -1.61. The summed E-state index contributed by atoms with van der Waals surface area (Å²) in [6.07, 6.45) is 0.849. The number of aliphatic carboxylic acids is 1. The first-order chi connectivity index (χ1) is 13.1. The second-order valence-corrected chi connectivity index (χ2v) is 16.5. The standard InChI is InChI=1S/C22H22BrO2PS/c23-26(16-17-27-18-22(24)25,19-10-4-1-5-11-19,20-12-6-2-7-13-20)21-14-8-3-9-15-21/h1-15H,16-18H2,(H,24,25). The molecule has 1 N–H and O–H groups in total. The molecule has 0 atom stereocenters. The van der Waals surface area contributed by atoms with Crippen LogP contribution in [0.25, 0.3) is 0 Å². The summed E-state index contributed by atoms with van der Waals surface area (Å²) in [5.74, 6) is 0.111. The van der Waals surface area contributed by atoms with Crippen LogP contribution in [0.5, 0.6) is 0 Å². The summed E-state index contributed by atoms with van der Waals surface area (Å²) in [6, 6.07) is 31.7. The molecule has 3 rings (SSSR count). The second kappa shape index (κ2) is 8.60. The van der Waals surface area contributed by atoms with Crippen molar-refractivity contribution in [2.24, 2.45) is 0 Å². The summed E-state index contributed by atoms with van der Waals surface area (Å²) in [5, 5.41) is 9.91. The van der Waals surface area contributed by atoms with Crippen LogP contribution in [-0.2, 0) is 4.79 Å². The third kappa shape index (κ3) is 3.99. The van der Waals surface area contributed by atoms with E-state index < -0.39 is 11.3 Å². The van der Waals surface area contributed by atoms with Gasteiger partial charge in [-0.1, -0.05) is 0 Å². The monoisotopic (exact) mass is 460 g/mol. The number of carboxylic acid groups (broad SMARTS) is 1. The molecule has 0 aliphatic heterocycles. The van der Waals surface area contributed by atoms with E-state index in [0.717, 1.165) is 11.9 Å². The molecule has 0 heterocycles. The van der Waals surface area contributed by atoms with Gasteiger partial charge in [-0.3, -0.25) is 0 Å². The van der Waals surface area contributed by atoms with Crippen molar-refractivity contribution in [3.05, 3.63) is 91.0 Å². The Balaban J connectivity index is 2.21. The minimum absolute atomic E-state index is 0.123. The van der Waals surface area contributed by atoms with Gasteiger partial charge in [0.1, 0.15) is 0 Å². The van der Waals surface area contributed by atoms with Crippen LogP contribution in [0.2, 0.25) is 0 Å². The van der Waals surface area contributed by atoms with Gasteiger partial charge in [-0.25, -0.2) is 0 Å². The average Bonchev–Trinajstić information content (AvgIpc) is 2.73. The predicted octanol–water partition coefficient (Wildman–Crippen LogP) is 4.64. The van der Waals surface area contributed by atoms with Crippen LogP contribution in [0.15, 0.2) is 91.0 Å². The van der Waals surface area contributed by atoms with E-state index in [-0.39, 0.29) is 5.75 Å². The number of carboxylic acids is 1. The van der Waals surface area contributed by atoms with E-state index >= 15 is 0 Å². The van der Waals surface area contributed by atoms with Crippen LogP contribution >= 0.6 is 32.6 Å². The van der Waals surface area contributed by atoms with E-state index in [1.165, 1.54) is 27.7 Å². The number of benzene rings is 3. The normalized spacial score (nSPS) is 12.9. The van der Waals surface area contributed by atoms with Crippen molar-refractivity contribution in [1.29, 1.82) is 0 Å². The number of hydrogen-bond acceptors (Lipinski definition) is 2. The van der Waals surface area contributed by atoms with Crippen LogP contribution in [0.4, 0.5) is 0 Å². The molecule has 0 fully saturated rings. The molecular formula is C22H22BrO2PS. The molecule has 0 amide bonds. The SMILES string of the molecule is O=C(O)CSCCP(Br)(c1ccccc1)(c1ccccc1)c1ccccc1. The molecule has 27 heavy (non-hydrogen) atoms. The molecule has 0 saturated heterocycles. The van der Waals surface area contributed by atoms with Gasteiger partial charge in [0.15, 0.2) is 0 Å². The quantitative estimate of drug-likeness (QED) is 0.392. The fraction of sp³-hybridized carbons (Fsp3) is 0.136. The van der Waals surface area contributed by atoms with Gasteiger partial charge in [0.05, 0.1) is 0 Å². The first-order valence-corrected chi connectivity index (χ1v) is 14.3. The zero-order valence-corrected chi connectivity index (χ0v) is 18.2. The van der Waals surface area contributed by atoms with Gasteiger partial charge in [-0.05, 0) is 0 Å². The molecule has 140 valence electrons. The van der Waals surface area contributed by atoms with Gasteiger partial charge in [0, 0.05) is 0 Å². The minimum atomic E-state index is -2.91. The van der Waals surface area contributed by atoms with E-state index in [4.69, 9.17) is 5.11 Å². The molecule has 2 nitrogen and oxygen atoms in total. The van der Waals surface area contributed by atoms with Crippen LogP contribution in [0, 0.1) is 0 Å². The third-order valence-electron chi connectivity index (χ3n) is 4.76. The van der Waals surface area contributed by atoms with Crippen molar-refractivity contribution < 1.29 is 9.90 Å².